The summed E-state index contributed by atoms with van der Waals surface area (Å²) >= 11 is 0. The Bertz CT molecular complexity index is 1090. The maximum absolute atomic E-state index is 12.8. The fourth-order valence-electron chi connectivity index (χ4n) is 5.39. The summed E-state index contributed by atoms with van der Waals surface area (Å²) in [7, 11) is 0. The van der Waals surface area contributed by atoms with E-state index in [0.29, 0.717) is 6.42 Å². The van der Waals surface area contributed by atoms with Crippen LogP contribution in [0.2, 0.25) is 0 Å². The van der Waals surface area contributed by atoms with Crippen LogP contribution in [0.1, 0.15) is 29.9 Å². The zero-order valence-corrected chi connectivity index (χ0v) is 19.1. The van der Waals surface area contributed by atoms with Crippen LogP contribution in [0.3, 0.4) is 0 Å². The molecule has 0 bridgehead atoms. The molecule has 2 aromatic carbocycles. The van der Waals surface area contributed by atoms with Gasteiger partial charge in [0, 0.05) is 25.4 Å². The van der Waals surface area contributed by atoms with Crippen molar-refractivity contribution in [2.24, 2.45) is 5.92 Å². The number of aliphatic carboxylic acids is 1. The molecule has 3 aliphatic rings. The molecule has 5 rings (SSSR count). The minimum atomic E-state index is -1.12. The van der Waals surface area contributed by atoms with E-state index in [-0.39, 0.29) is 50.7 Å². The van der Waals surface area contributed by atoms with Gasteiger partial charge in [0.2, 0.25) is 5.91 Å². The van der Waals surface area contributed by atoms with Crippen LogP contribution in [-0.2, 0) is 19.1 Å². The Kier molecular flexibility index (Phi) is 6.44. The van der Waals surface area contributed by atoms with E-state index in [4.69, 9.17) is 9.47 Å². The van der Waals surface area contributed by atoms with Gasteiger partial charge in [-0.3, -0.25) is 4.79 Å². The Hall–Kier alpha value is -3.43. The van der Waals surface area contributed by atoms with Crippen molar-refractivity contribution in [2.45, 2.75) is 37.0 Å². The molecule has 2 aliphatic heterocycles. The lowest BCUT2D eigenvalue weighted by Crippen LogP contribution is -2.44. The minimum absolute atomic E-state index is 0.00890. The van der Waals surface area contributed by atoms with Crippen LogP contribution in [0.5, 0.6) is 0 Å². The number of ether oxygens (including phenoxy) is 2. The predicted molar refractivity (Wildman–Crippen MR) is 125 cm³/mol. The first kappa shape index (κ1) is 23.3. The minimum Gasteiger partial charge on any atom is -0.480 e. The van der Waals surface area contributed by atoms with Crippen molar-refractivity contribution in [2.75, 3.05) is 26.3 Å². The Morgan fingerprint density at radius 1 is 1.03 bits per heavy atom. The highest BCUT2D eigenvalue weighted by atomic mass is 16.5. The second-order valence-corrected chi connectivity index (χ2v) is 9.33. The Labute approximate surface area is 202 Å². The molecule has 2 unspecified atom stereocenters. The van der Waals surface area contributed by atoms with E-state index in [1.165, 1.54) is 4.90 Å². The van der Waals surface area contributed by atoms with Gasteiger partial charge in [-0.1, -0.05) is 48.5 Å². The summed E-state index contributed by atoms with van der Waals surface area (Å²) in [6.45, 7) is 0.551. The van der Waals surface area contributed by atoms with Crippen molar-refractivity contribution in [3.05, 3.63) is 59.7 Å². The molecule has 2 saturated heterocycles. The van der Waals surface area contributed by atoms with Gasteiger partial charge in [0.15, 0.2) is 0 Å². The molecule has 2 fully saturated rings. The second kappa shape index (κ2) is 9.67. The molecule has 35 heavy (non-hydrogen) atoms. The van der Waals surface area contributed by atoms with Crippen LogP contribution >= 0.6 is 0 Å². The summed E-state index contributed by atoms with van der Waals surface area (Å²) in [5.74, 6) is -1.99. The zero-order valence-electron chi connectivity index (χ0n) is 19.1. The molecule has 4 atom stereocenters. The zero-order chi connectivity index (χ0) is 24.5. The van der Waals surface area contributed by atoms with Gasteiger partial charge in [-0.25, -0.2) is 9.59 Å². The quantitative estimate of drug-likeness (QED) is 0.577. The lowest BCUT2D eigenvalue weighted by Gasteiger charge is -2.23. The number of nitrogens with one attached hydrogen (secondary N) is 1. The fraction of sp³-hybridized carbons (Fsp3) is 0.423. The number of likely N-dealkylation sites (tertiary alicyclic amines) is 1. The summed E-state index contributed by atoms with van der Waals surface area (Å²) in [5.41, 5.74) is 4.58. The first-order valence-electron chi connectivity index (χ1n) is 11.8. The average molecular weight is 481 g/mol. The number of aliphatic hydroxyl groups is 1. The van der Waals surface area contributed by atoms with Gasteiger partial charge in [0.25, 0.3) is 0 Å². The molecular weight excluding hydrogens is 452 g/mol. The van der Waals surface area contributed by atoms with Crippen LogP contribution in [-0.4, -0.2) is 77.6 Å². The van der Waals surface area contributed by atoms with Gasteiger partial charge >= 0.3 is 12.1 Å². The molecule has 3 N–H and O–H groups in total. The van der Waals surface area contributed by atoms with Crippen molar-refractivity contribution in [1.82, 2.24) is 10.2 Å². The third-order valence-corrected chi connectivity index (χ3v) is 7.09. The number of hydrogen-bond acceptors (Lipinski definition) is 6. The number of benzene rings is 2. The highest BCUT2D eigenvalue weighted by Crippen LogP contribution is 2.44. The number of carbonyl (C=O) groups excluding carboxylic acids is 2. The summed E-state index contributed by atoms with van der Waals surface area (Å²) in [5, 5.41) is 21.8. The van der Waals surface area contributed by atoms with Crippen molar-refractivity contribution in [3.8, 4) is 11.1 Å². The normalized spacial score (nSPS) is 25.2. The maximum Gasteiger partial charge on any atom is 0.407 e. The van der Waals surface area contributed by atoms with E-state index in [2.05, 4.69) is 29.6 Å². The number of rotatable bonds is 6. The standard InChI is InChI=1S/C26H28N2O7/c29-16-10-23(25(31)32)28(12-16)24(30)15-9-17(34-13-15)11-27-26(33)35-14-22-20-7-3-1-5-18(20)19-6-2-4-8-21(19)22/h1-8,15-17,22-23,29H,9-14H2,(H,27,33)(H,31,32)/t15?,16-,17?,23+/m1/s1. The fourth-order valence-corrected chi connectivity index (χ4v) is 5.39. The molecule has 2 amide bonds. The van der Waals surface area contributed by atoms with Gasteiger partial charge in [0.05, 0.1) is 24.7 Å². The van der Waals surface area contributed by atoms with Crippen LogP contribution in [0.25, 0.3) is 11.1 Å². The molecule has 2 aromatic rings. The van der Waals surface area contributed by atoms with Crippen molar-refractivity contribution in [3.63, 3.8) is 0 Å². The summed E-state index contributed by atoms with van der Waals surface area (Å²) < 4.78 is 11.2. The molecular formula is C26H28N2O7. The van der Waals surface area contributed by atoms with Gasteiger partial charge in [-0.2, -0.15) is 0 Å². The van der Waals surface area contributed by atoms with Gasteiger partial charge in [0.1, 0.15) is 12.6 Å². The number of hydrogen-bond donors (Lipinski definition) is 3. The number of carbonyl (C=O) groups is 3. The van der Waals surface area contributed by atoms with E-state index < -0.39 is 30.1 Å². The van der Waals surface area contributed by atoms with Gasteiger partial charge in [-0.15, -0.1) is 0 Å². The van der Waals surface area contributed by atoms with E-state index in [9.17, 15) is 24.6 Å². The summed E-state index contributed by atoms with van der Waals surface area (Å²) in [4.78, 5) is 37.8. The first-order valence-corrected chi connectivity index (χ1v) is 11.8. The second-order valence-electron chi connectivity index (χ2n) is 9.33. The first-order chi connectivity index (χ1) is 16.9. The van der Waals surface area contributed by atoms with E-state index in [1.54, 1.807) is 0 Å². The SMILES string of the molecule is O=C(NCC1CC(C(=O)N2C[C@H](O)C[C@H]2C(=O)O)CO1)OCC1c2ccccc2-c2ccccc21. The monoisotopic (exact) mass is 480 g/mol. The van der Waals surface area contributed by atoms with Crippen molar-refractivity contribution >= 4 is 18.0 Å². The molecule has 9 heteroatoms. The third-order valence-electron chi connectivity index (χ3n) is 7.09. The van der Waals surface area contributed by atoms with Crippen molar-refractivity contribution in [1.29, 1.82) is 0 Å². The number of carboxylic acid groups (broad SMARTS) is 1. The summed E-state index contributed by atoms with van der Waals surface area (Å²) in [6, 6.07) is 15.2. The molecule has 0 spiro atoms. The number of β-amino-alcohol motifs (C(OH)–C–C–N with tert-alkyl or cyclic N) is 1. The lowest BCUT2D eigenvalue weighted by atomic mass is 9.98. The molecule has 9 nitrogen and oxygen atoms in total. The number of aliphatic hydroxyl groups excluding tert-OH is 1. The summed E-state index contributed by atoms with van der Waals surface area (Å²) in [6.07, 6.45) is -1.38. The molecule has 2 heterocycles. The molecule has 0 saturated carbocycles. The maximum atomic E-state index is 12.8. The predicted octanol–water partition coefficient (Wildman–Crippen LogP) is 1.98. The largest absolute Gasteiger partial charge is 0.480 e. The van der Waals surface area contributed by atoms with Crippen LogP contribution in [0.4, 0.5) is 4.79 Å². The van der Waals surface area contributed by atoms with E-state index >= 15 is 0 Å². The highest BCUT2D eigenvalue weighted by Gasteiger charge is 2.43. The Balaban J connectivity index is 1.11. The van der Waals surface area contributed by atoms with Crippen LogP contribution in [0, 0.1) is 5.92 Å². The molecule has 0 aromatic heterocycles. The Morgan fingerprint density at radius 2 is 1.69 bits per heavy atom. The highest BCUT2D eigenvalue weighted by molar-refractivity contribution is 5.86. The average Bonchev–Trinajstić information content (AvgIpc) is 3.57. The smallest absolute Gasteiger partial charge is 0.407 e. The molecule has 184 valence electrons. The number of nitrogens with zero attached hydrogens (tertiary/aromatic N) is 1. The van der Waals surface area contributed by atoms with Gasteiger partial charge in [-0.05, 0) is 28.7 Å². The van der Waals surface area contributed by atoms with E-state index in [1.807, 2.05) is 24.3 Å². The number of amides is 2. The number of fused-ring (bicyclic) bond motifs is 3. The van der Waals surface area contributed by atoms with Crippen LogP contribution in [0.15, 0.2) is 48.5 Å². The topological polar surface area (TPSA) is 125 Å². The number of alkyl carbamates (subject to hydrolysis) is 1. The van der Waals surface area contributed by atoms with Crippen LogP contribution < -0.4 is 5.32 Å². The lowest BCUT2D eigenvalue weighted by molar-refractivity contribution is -0.149. The van der Waals surface area contributed by atoms with Crippen molar-refractivity contribution < 1.29 is 34.1 Å². The third kappa shape index (κ3) is 4.61. The Morgan fingerprint density at radius 3 is 2.34 bits per heavy atom. The number of carboxylic acids is 1. The molecule has 0 radical (unpaired) electrons. The van der Waals surface area contributed by atoms with Gasteiger partial charge < -0.3 is 29.9 Å². The molecule has 1 aliphatic carbocycles. The van der Waals surface area contributed by atoms with E-state index in [0.717, 1.165) is 22.3 Å².